The number of hydrogen-bond donors (Lipinski definition) is 2. The molecule has 0 fully saturated rings. The summed E-state index contributed by atoms with van der Waals surface area (Å²) < 4.78 is 46.1. The number of fused-ring (bicyclic) bond motifs is 1. The first-order valence-corrected chi connectivity index (χ1v) is 10.3. The SMILES string of the molecule is O=C(NCCNC(=O)c1ccccc1[N+](=O)[O-])c1nc(Cn2c(C(F)(F)F)nc3ccccc32)no1. The molecule has 0 bridgehead atoms. The number of halogens is 3. The van der Waals surface area contributed by atoms with E-state index in [1.54, 1.807) is 12.1 Å². The number of nitrogens with one attached hydrogen (secondary N) is 2. The van der Waals surface area contributed by atoms with E-state index in [0.29, 0.717) is 0 Å². The van der Waals surface area contributed by atoms with Crippen LogP contribution in [0.5, 0.6) is 0 Å². The zero-order chi connectivity index (χ0) is 25.9. The normalized spacial score (nSPS) is 11.4. The molecule has 2 heterocycles. The second-order valence-electron chi connectivity index (χ2n) is 7.31. The van der Waals surface area contributed by atoms with Gasteiger partial charge in [0, 0.05) is 19.2 Å². The van der Waals surface area contributed by atoms with E-state index in [-0.39, 0.29) is 41.2 Å². The predicted molar refractivity (Wildman–Crippen MR) is 116 cm³/mol. The molecule has 2 aromatic heterocycles. The van der Waals surface area contributed by atoms with Crippen molar-refractivity contribution in [2.24, 2.45) is 0 Å². The minimum absolute atomic E-state index is 0.0758. The molecule has 36 heavy (non-hydrogen) atoms. The van der Waals surface area contributed by atoms with Crippen LogP contribution >= 0.6 is 0 Å². The van der Waals surface area contributed by atoms with Gasteiger partial charge in [0.25, 0.3) is 11.6 Å². The zero-order valence-corrected chi connectivity index (χ0v) is 18.2. The average Bonchev–Trinajstić information content (AvgIpc) is 3.47. The number of hydrogen-bond acceptors (Lipinski definition) is 8. The summed E-state index contributed by atoms with van der Waals surface area (Å²) in [4.78, 5) is 42.2. The van der Waals surface area contributed by atoms with E-state index in [2.05, 4.69) is 25.8 Å². The molecule has 2 N–H and O–H groups in total. The van der Waals surface area contributed by atoms with Crippen molar-refractivity contribution in [2.75, 3.05) is 13.1 Å². The molecular formula is C21H16F3N7O5. The van der Waals surface area contributed by atoms with Crippen molar-refractivity contribution in [1.82, 2.24) is 30.3 Å². The number of carbonyl (C=O) groups excluding carboxylic acids is 2. The third kappa shape index (κ3) is 5.13. The topological polar surface area (TPSA) is 158 Å². The Bertz CT molecular complexity index is 1450. The van der Waals surface area contributed by atoms with Crippen LogP contribution < -0.4 is 10.6 Å². The maximum atomic E-state index is 13.4. The number of nitro groups is 1. The summed E-state index contributed by atoms with van der Waals surface area (Å²) >= 11 is 0. The second kappa shape index (κ2) is 9.81. The Morgan fingerprint density at radius 2 is 1.67 bits per heavy atom. The summed E-state index contributed by atoms with van der Waals surface area (Å²) in [7, 11) is 0. The summed E-state index contributed by atoms with van der Waals surface area (Å²) in [6, 6.07) is 11.4. The van der Waals surface area contributed by atoms with E-state index < -0.39 is 41.2 Å². The molecule has 2 aromatic carbocycles. The van der Waals surface area contributed by atoms with Crippen LogP contribution in [0.25, 0.3) is 11.0 Å². The molecule has 0 radical (unpaired) electrons. The number of rotatable bonds is 8. The van der Waals surface area contributed by atoms with Crippen LogP contribution in [0.2, 0.25) is 0 Å². The Balaban J connectivity index is 1.36. The number of carbonyl (C=O) groups is 2. The fourth-order valence-corrected chi connectivity index (χ4v) is 3.35. The van der Waals surface area contributed by atoms with Gasteiger partial charge in [-0.1, -0.05) is 29.4 Å². The van der Waals surface area contributed by atoms with Crippen LogP contribution in [0.3, 0.4) is 0 Å². The van der Waals surface area contributed by atoms with Crippen molar-refractivity contribution in [1.29, 1.82) is 0 Å². The first-order chi connectivity index (χ1) is 17.1. The van der Waals surface area contributed by atoms with Gasteiger partial charge >= 0.3 is 18.0 Å². The van der Waals surface area contributed by atoms with Gasteiger partial charge < -0.3 is 19.7 Å². The monoisotopic (exact) mass is 503 g/mol. The molecule has 0 aliphatic rings. The Hall–Kier alpha value is -4.82. The van der Waals surface area contributed by atoms with Crippen molar-refractivity contribution >= 4 is 28.5 Å². The highest BCUT2D eigenvalue weighted by molar-refractivity contribution is 5.98. The summed E-state index contributed by atoms with van der Waals surface area (Å²) in [5.74, 6) is -3.34. The molecular weight excluding hydrogens is 487 g/mol. The minimum Gasteiger partial charge on any atom is -0.350 e. The van der Waals surface area contributed by atoms with E-state index in [4.69, 9.17) is 4.52 Å². The summed E-state index contributed by atoms with van der Waals surface area (Å²) in [6.45, 7) is -0.612. The van der Waals surface area contributed by atoms with Crippen LogP contribution in [0.1, 0.15) is 32.7 Å². The molecule has 0 aliphatic heterocycles. The van der Waals surface area contributed by atoms with Crippen molar-refractivity contribution in [2.45, 2.75) is 12.7 Å². The second-order valence-corrected chi connectivity index (χ2v) is 7.31. The number of benzene rings is 2. The Morgan fingerprint density at radius 3 is 2.39 bits per heavy atom. The third-order valence-corrected chi connectivity index (χ3v) is 4.91. The quantitative estimate of drug-likeness (QED) is 0.211. The van der Waals surface area contributed by atoms with Gasteiger partial charge in [0.15, 0.2) is 5.82 Å². The third-order valence-electron chi connectivity index (χ3n) is 4.91. The number of para-hydroxylation sites is 3. The molecule has 12 nitrogen and oxygen atoms in total. The predicted octanol–water partition coefficient (Wildman–Crippen LogP) is 2.55. The molecule has 186 valence electrons. The lowest BCUT2D eigenvalue weighted by molar-refractivity contribution is -0.385. The zero-order valence-electron chi connectivity index (χ0n) is 18.2. The largest absolute Gasteiger partial charge is 0.449 e. The van der Waals surface area contributed by atoms with E-state index in [0.717, 1.165) is 4.57 Å². The highest BCUT2D eigenvalue weighted by Gasteiger charge is 2.38. The highest BCUT2D eigenvalue weighted by Crippen LogP contribution is 2.31. The average molecular weight is 503 g/mol. The van der Waals surface area contributed by atoms with E-state index in [1.165, 1.54) is 36.4 Å². The van der Waals surface area contributed by atoms with Crippen molar-refractivity contribution in [3.63, 3.8) is 0 Å². The van der Waals surface area contributed by atoms with E-state index in [1.807, 2.05) is 0 Å². The van der Waals surface area contributed by atoms with Gasteiger partial charge in [0.1, 0.15) is 5.56 Å². The smallest absolute Gasteiger partial charge is 0.350 e. The van der Waals surface area contributed by atoms with E-state index >= 15 is 0 Å². The van der Waals surface area contributed by atoms with Crippen molar-refractivity contribution in [3.8, 4) is 0 Å². The van der Waals surface area contributed by atoms with Gasteiger partial charge in [-0.25, -0.2) is 4.98 Å². The lowest BCUT2D eigenvalue weighted by Gasteiger charge is -2.09. The van der Waals surface area contributed by atoms with Gasteiger partial charge in [-0.05, 0) is 18.2 Å². The number of nitrogens with zero attached hydrogens (tertiary/aromatic N) is 5. The van der Waals surface area contributed by atoms with Crippen LogP contribution in [0, 0.1) is 10.1 Å². The molecule has 4 aromatic rings. The molecule has 0 spiro atoms. The summed E-state index contributed by atoms with van der Waals surface area (Å²) in [6.07, 6.45) is -4.73. The maximum Gasteiger partial charge on any atom is 0.449 e. The number of alkyl halides is 3. The van der Waals surface area contributed by atoms with Crippen LogP contribution in [0.15, 0.2) is 53.1 Å². The number of imidazole rings is 1. The fourth-order valence-electron chi connectivity index (χ4n) is 3.35. The lowest BCUT2D eigenvalue weighted by atomic mass is 10.1. The van der Waals surface area contributed by atoms with Crippen LogP contribution in [-0.4, -0.2) is 49.5 Å². The summed E-state index contributed by atoms with van der Waals surface area (Å²) in [5, 5.41) is 19.4. The van der Waals surface area contributed by atoms with Gasteiger partial charge in [0.2, 0.25) is 5.82 Å². The number of nitro benzene ring substituents is 1. The molecule has 2 amide bonds. The maximum absolute atomic E-state index is 13.4. The van der Waals surface area contributed by atoms with Gasteiger partial charge in [0.05, 0.1) is 22.5 Å². The van der Waals surface area contributed by atoms with Crippen LogP contribution in [0.4, 0.5) is 18.9 Å². The molecule has 0 aliphatic carbocycles. The molecule has 4 rings (SSSR count). The van der Waals surface area contributed by atoms with Crippen LogP contribution in [-0.2, 0) is 12.7 Å². The fraction of sp³-hybridized carbons (Fsp3) is 0.190. The number of aromatic nitrogens is 4. The molecule has 15 heteroatoms. The van der Waals surface area contributed by atoms with Crippen molar-refractivity contribution in [3.05, 3.63) is 81.7 Å². The first-order valence-electron chi connectivity index (χ1n) is 10.3. The molecule has 0 saturated heterocycles. The summed E-state index contributed by atoms with van der Waals surface area (Å²) in [5.41, 5.74) is -0.165. The van der Waals surface area contributed by atoms with Gasteiger partial charge in [-0.2, -0.15) is 18.2 Å². The Morgan fingerprint density at radius 1 is 1.00 bits per heavy atom. The first kappa shape index (κ1) is 24.3. The Labute approximate surface area is 199 Å². The standard InChI is InChI=1S/C21H16F3N7O5/c22-21(23,24)20-27-13-6-2-4-8-15(13)30(20)11-16-28-19(36-29-16)18(33)26-10-9-25-17(32)12-5-1-3-7-14(12)31(34)35/h1-8H,9-11H2,(H,25,32)(H,26,33). The van der Waals surface area contributed by atoms with E-state index in [9.17, 15) is 32.9 Å². The van der Waals surface area contributed by atoms with Gasteiger partial charge in [-0.15, -0.1) is 0 Å². The molecule has 0 atom stereocenters. The number of amides is 2. The Kier molecular flexibility index (Phi) is 6.62. The minimum atomic E-state index is -4.73. The lowest BCUT2D eigenvalue weighted by Crippen LogP contribution is -2.35. The van der Waals surface area contributed by atoms with Crippen molar-refractivity contribution < 1.29 is 32.2 Å². The molecule has 0 unspecified atom stereocenters. The molecule has 0 saturated carbocycles. The highest BCUT2D eigenvalue weighted by atomic mass is 19.4. The van der Waals surface area contributed by atoms with Gasteiger partial charge in [-0.3, -0.25) is 19.7 Å².